The van der Waals surface area contributed by atoms with E-state index in [0.29, 0.717) is 6.04 Å². The molecule has 0 N–H and O–H groups in total. The van der Waals surface area contributed by atoms with E-state index < -0.39 is 0 Å². The lowest BCUT2D eigenvalue weighted by atomic mass is 10.0. The molecule has 3 nitrogen and oxygen atoms in total. The van der Waals surface area contributed by atoms with Crippen LogP contribution in [0.15, 0.2) is 36.5 Å². The number of hydrogen-bond donors (Lipinski definition) is 0. The topological polar surface area (TPSA) is 19.4 Å². The number of thiazole rings is 1. The molecule has 0 bridgehead atoms. The predicted octanol–water partition coefficient (Wildman–Crippen LogP) is 3.59. The zero-order valence-corrected chi connectivity index (χ0v) is 15.1. The third-order valence-electron chi connectivity index (χ3n) is 4.75. The fraction of sp³-hybridized carbons (Fsp3) is 0.526. The summed E-state index contributed by atoms with van der Waals surface area (Å²) in [5.41, 5.74) is 1.44. The lowest BCUT2D eigenvalue weighted by molar-refractivity contribution is 0.113. The second-order valence-electron chi connectivity index (χ2n) is 6.59. The van der Waals surface area contributed by atoms with Gasteiger partial charge in [0.15, 0.2) is 0 Å². The van der Waals surface area contributed by atoms with E-state index in [4.69, 9.17) is 0 Å². The molecule has 1 aromatic carbocycles. The van der Waals surface area contributed by atoms with E-state index in [2.05, 4.69) is 59.1 Å². The number of aryl methyl sites for hydroxylation is 1. The first-order valence-corrected chi connectivity index (χ1v) is 9.40. The van der Waals surface area contributed by atoms with Crippen molar-refractivity contribution in [3.8, 4) is 0 Å². The second-order valence-corrected chi connectivity index (χ2v) is 7.91. The van der Waals surface area contributed by atoms with Crippen molar-refractivity contribution in [1.29, 1.82) is 0 Å². The third-order valence-corrected chi connectivity index (χ3v) is 5.65. The summed E-state index contributed by atoms with van der Waals surface area (Å²) in [6.45, 7) is 6.70. The number of hydrogen-bond acceptors (Lipinski definition) is 4. The predicted molar refractivity (Wildman–Crippen MR) is 97.9 cm³/mol. The van der Waals surface area contributed by atoms with Crippen LogP contribution in [0.25, 0.3) is 0 Å². The summed E-state index contributed by atoms with van der Waals surface area (Å²) < 4.78 is 0. The number of aromatic nitrogens is 1. The van der Waals surface area contributed by atoms with Crippen molar-refractivity contribution in [3.05, 3.63) is 52.0 Å². The number of likely N-dealkylation sites (N-methyl/N-ethyl adjacent to an activating group) is 1. The van der Waals surface area contributed by atoms with Gasteiger partial charge in [0.2, 0.25) is 0 Å². The molecule has 0 saturated carbocycles. The van der Waals surface area contributed by atoms with E-state index in [1.54, 1.807) is 0 Å². The largest absolute Gasteiger partial charge is 0.302 e. The van der Waals surface area contributed by atoms with E-state index >= 15 is 0 Å². The molecule has 2 heterocycles. The average molecular weight is 330 g/mol. The van der Waals surface area contributed by atoms with Gasteiger partial charge >= 0.3 is 0 Å². The summed E-state index contributed by atoms with van der Waals surface area (Å²) in [6, 6.07) is 11.5. The molecule has 124 valence electrons. The van der Waals surface area contributed by atoms with Gasteiger partial charge in [0.05, 0.1) is 5.01 Å². The summed E-state index contributed by atoms with van der Waals surface area (Å²) in [4.78, 5) is 10.9. The monoisotopic (exact) mass is 329 g/mol. The van der Waals surface area contributed by atoms with Crippen LogP contribution in [0.1, 0.15) is 28.3 Å². The van der Waals surface area contributed by atoms with E-state index in [1.165, 1.54) is 41.4 Å². The summed E-state index contributed by atoms with van der Waals surface area (Å²) >= 11 is 1.83. The van der Waals surface area contributed by atoms with Gasteiger partial charge in [-0.2, -0.15) is 0 Å². The molecule has 0 aliphatic carbocycles. The normalized spacial score (nSPS) is 19.3. The molecular formula is C19H27N3S. The maximum absolute atomic E-state index is 4.38. The van der Waals surface area contributed by atoms with Crippen LogP contribution in [0, 0.1) is 6.92 Å². The number of piperidine rings is 1. The van der Waals surface area contributed by atoms with Crippen LogP contribution in [0.2, 0.25) is 0 Å². The number of nitrogens with zero attached hydrogens (tertiary/aromatic N) is 3. The molecular weight excluding hydrogens is 302 g/mol. The van der Waals surface area contributed by atoms with Gasteiger partial charge in [-0.25, -0.2) is 4.98 Å². The highest BCUT2D eigenvalue weighted by atomic mass is 32.1. The van der Waals surface area contributed by atoms with Crippen LogP contribution < -0.4 is 0 Å². The summed E-state index contributed by atoms with van der Waals surface area (Å²) in [5, 5.41) is 1.17. The van der Waals surface area contributed by atoms with E-state index in [1.807, 2.05) is 17.5 Å². The van der Waals surface area contributed by atoms with Crippen molar-refractivity contribution in [2.45, 2.75) is 38.8 Å². The molecule has 1 aromatic heterocycles. The van der Waals surface area contributed by atoms with Gasteiger partial charge in [0.1, 0.15) is 0 Å². The van der Waals surface area contributed by atoms with E-state index in [0.717, 1.165) is 19.5 Å². The maximum atomic E-state index is 4.38. The highest BCUT2D eigenvalue weighted by Gasteiger charge is 2.23. The number of rotatable bonds is 6. The van der Waals surface area contributed by atoms with Gasteiger partial charge in [-0.1, -0.05) is 30.3 Å². The van der Waals surface area contributed by atoms with Crippen LogP contribution in [0.4, 0.5) is 0 Å². The molecule has 0 amide bonds. The lowest BCUT2D eigenvalue weighted by Crippen LogP contribution is -2.46. The molecule has 4 heteroatoms. The Morgan fingerprint density at radius 1 is 1.30 bits per heavy atom. The zero-order valence-electron chi connectivity index (χ0n) is 14.2. The maximum Gasteiger partial charge on any atom is 0.0897 e. The van der Waals surface area contributed by atoms with E-state index in [-0.39, 0.29) is 0 Å². The standard InChI is InChI=1S/C19H27N3S/c1-16-20-13-19(23-16)15-22-11-6-9-18(14-22)21(2)12-10-17-7-4-3-5-8-17/h3-5,7-8,13,18H,6,9-12,14-15H2,1-2H3/t18-/m1/s1. The Balaban J connectivity index is 1.49. The van der Waals surface area contributed by atoms with Crippen molar-refractivity contribution < 1.29 is 0 Å². The molecule has 1 atom stereocenters. The summed E-state index contributed by atoms with van der Waals surface area (Å²) in [7, 11) is 2.29. The van der Waals surface area contributed by atoms with Crippen LogP contribution >= 0.6 is 11.3 Å². The molecule has 1 aliphatic rings. The third kappa shape index (κ3) is 4.87. The molecule has 3 rings (SSSR count). The number of likely N-dealkylation sites (tertiary alicyclic amines) is 1. The second kappa shape index (κ2) is 8.04. The van der Waals surface area contributed by atoms with Crippen LogP contribution in [0.5, 0.6) is 0 Å². The zero-order chi connectivity index (χ0) is 16.1. The first-order valence-electron chi connectivity index (χ1n) is 8.58. The first kappa shape index (κ1) is 16.6. The molecule has 0 unspecified atom stereocenters. The Kier molecular flexibility index (Phi) is 5.81. The van der Waals surface area contributed by atoms with Gasteiger partial charge in [-0.05, 0) is 45.3 Å². The summed E-state index contributed by atoms with van der Waals surface area (Å²) in [6.07, 6.45) is 5.81. The Hall–Kier alpha value is -1.23. The van der Waals surface area contributed by atoms with Crippen molar-refractivity contribution >= 4 is 11.3 Å². The summed E-state index contributed by atoms with van der Waals surface area (Å²) in [5.74, 6) is 0. The SMILES string of the molecule is Cc1ncc(CN2CCC[C@@H](N(C)CCc3ccccc3)C2)s1. The minimum atomic E-state index is 0.682. The molecule has 1 aliphatic heterocycles. The van der Waals surface area contributed by atoms with Gasteiger partial charge in [-0.15, -0.1) is 11.3 Å². The Morgan fingerprint density at radius 3 is 2.87 bits per heavy atom. The first-order chi connectivity index (χ1) is 11.2. The Bertz CT molecular complexity index is 596. The smallest absolute Gasteiger partial charge is 0.0897 e. The van der Waals surface area contributed by atoms with Crippen LogP contribution in [-0.4, -0.2) is 47.5 Å². The fourth-order valence-corrected chi connectivity index (χ4v) is 4.20. The van der Waals surface area contributed by atoms with Crippen molar-refractivity contribution in [3.63, 3.8) is 0 Å². The quantitative estimate of drug-likeness (QED) is 0.807. The molecule has 23 heavy (non-hydrogen) atoms. The van der Waals surface area contributed by atoms with Gasteiger partial charge in [0.25, 0.3) is 0 Å². The molecule has 0 radical (unpaired) electrons. The molecule has 1 fully saturated rings. The Morgan fingerprint density at radius 2 is 2.13 bits per heavy atom. The Labute approximate surface area is 144 Å². The molecule has 0 spiro atoms. The van der Waals surface area contributed by atoms with E-state index in [9.17, 15) is 0 Å². The van der Waals surface area contributed by atoms with Gasteiger partial charge in [-0.3, -0.25) is 4.90 Å². The van der Waals surface area contributed by atoms with Crippen LogP contribution in [0.3, 0.4) is 0 Å². The van der Waals surface area contributed by atoms with Gasteiger partial charge < -0.3 is 4.90 Å². The average Bonchev–Trinajstić information content (AvgIpc) is 2.99. The number of benzene rings is 1. The fourth-order valence-electron chi connectivity index (χ4n) is 3.37. The van der Waals surface area contributed by atoms with Gasteiger partial charge in [0, 0.05) is 36.8 Å². The highest BCUT2D eigenvalue weighted by molar-refractivity contribution is 7.11. The lowest BCUT2D eigenvalue weighted by Gasteiger charge is -2.37. The molecule has 2 aromatic rings. The molecule has 1 saturated heterocycles. The van der Waals surface area contributed by atoms with Crippen molar-refractivity contribution in [2.24, 2.45) is 0 Å². The van der Waals surface area contributed by atoms with Crippen molar-refractivity contribution in [2.75, 3.05) is 26.7 Å². The van der Waals surface area contributed by atoms with Crippen LogP contribution in [-0.2, 0) is 13.0 Å². The van der Waals surface area contributed by atoms with Crippen molar-refractivity contribution in [1.82, 2.24) is 14.8 Å². The minimum Gasteiger partial charge on any atom is -0.302 e. The minimum absolute atomic E-state index is 0.682. The highest BCUT2D eigenvalue weighted by Crippen LogP contribution is 2.20.